The van der Waals surface area contributed by atoms with E-state index in [4.69, 9.17) is 9.84 Å². The molecule has 1 aromatic rings. The van der Waals surface area contributed by atoms with Crippen molar-refractivity contribution >= 4 is 12.0 Å². The van der Waals surface area contributed by atoms with Crippen LogP contribution in [0.5, 0.6) is 0 Å². The highest BCUT2D eigenvalue weighted by Gasteiger charge is 2.46. The van der Waals surface area contributed by atoms with Crippen molar-refractivity contribution < 1.29 is 19.7 Å². The molecule has 4 heteroatoms. The van der Waals surface area contributed by atoms with Gasteiger partial charge in [0.1, 0.15) is 0 Å². The van der Waals surface area contributed by atoms with Gasteiger partial charge in [-0.05, 0) is 61.6 Å². The highest BCUT2D eigenvalue weighted by molar-refractivity contribution is 5.88. The molecular formula is C26H34O4. The average Bonchev–Trinajstić information content (AvgIpc) is 3.23. The third-order valence-corrected chi connectivity index (χ3v) is 7.25. The van der Waals surface area contributed by atoms with E-state index in [1.165, 1.54) is 25.7 Å². The Morgan fingerprint density at radius 2 is 1.87 bits per heavy atom. The third-order valence-electron chi connectivity index (χ3n) is 7.25. The number of carboxylic acid groups (broad SMARTS) is 1. The maximum Gasteiger partial charge on any atom is 0.335 e. The van der Waals surface area contributed by atoms with E-state index in [1.54, 1.807) is 18.2 Å². The molecule has 0 aromatic heterocycles. The van der Waals surface area contributed by atoms with Gasteiger partial charge in [-0.25, -0.2) is 4.79 Å². The highest BCUT2D eigenvalue weighted by Crippen LogP contribution is 2.46. The molecule has 4 rings (SSSR count). The van der Waals surface area contributed by atoms with Crippen molar-refractivity contribution in [1.82, 2.24) is 0 Å². The Morgan fingerprint density at radius 3 is 2.63 bits per heavy atom. The second-order valence-electron chi connectivity index (χ2n) is 9.23. The number of aliphatic hydroxyl groups is 1. The first-order valence-electron chi connectivity index (χ1n) is 11.6. The standard InChI is InChI=1S/C26H34O4/c27-23(19-9-3-1-2-4-10-19)14-13-22-21(24-15-16-25(22)30-24)12-6-8-18-7-5-11-20(17-18)26(28)29/h5-8,11,13-14,17,19,21-25,27H,1-4,9-10,12,15-16H2,(H,28,29)/t21-,22-,23?,24-,25+/m1/s1. The second kappa shape index (κ2) is 9.93. The van der Waals surface area contributed by atoms with E-state index < -0.39 is 5.97 Å². The predicted octanol–water partition coefficient (Wildman–Crippen LogP) is 5.47. The second-order valence-corrected chi connectivity index (χ2v) is 9.23. The summed E-state index contributed by atoms with van der Waals surface area (Å²) in [7, 11) is 0. The third kappa shape index (κ3) is 5.04. The zero-order chi connectivity index (χ0) is 20.9. The molecule has 2 bridgehead atoms. The lowest BCUT2D eigenvalue weighted by Crippen LogP contribution is -2.26. The van der Waals surface area contributed by atoms with Crippen LogP contribution in [0.4, 0.5) is 0 Å². The molecular weight excluding hydrogens is 376 g/mol. The van der Waals surface area contributed by atoms with Gasteiger partial charge in [-0.1, -0.05) is 62.1 Å². The zero-order valence-corrected chi connectivity index (χ0v) is 17.7. The van der Waals surface area contributed by atoms with Gasteiger partial charge in [-0.2, -0.15) is 0 Å². The van der Waals surface area contributed by atoms with Crippen molar-refractivity contribution in [1.29, 1.82) is 0 Å². The van der Waals surface area contributed by atoms with Crippen molar-refractivity contribution in [2.24, 2.45) is 17.8 Å². The fourth-order valence-electron chi connectivity index (χ4n) is 5.57. The summed E-state index contributed by atoms with van der Waals surface area (Å²) in [6.45, 7) is 0. The van der Waals surface area contributed by atoms with Gasteiger partial charge in [-0.15, -0.1) is 0 Å². The molecule has 0 amide bonds. The minimum Gasteiger partial charge on any atom is -0.478 e. The molecule has 1 aromatic carbocycles. The van der Waals surface area contributed by atoms with Crippen LogP contribution in [0.15, 0.2) is 42.5 Å². The van der Waals surface area contributed by atoms with Gasteiger partial charge in [0.25, 0.3) is 0 Å². The first-order chi connectivity index (χ1) is 14.6. The molecule has 2 N–H and O–H groups in total. The monoisotopic (exact) mass is 410 g/mol. The van der Waals surface area contributed by atoms with Crippen LogP contribution < -0.4 is 0 Å². The lowest BCUT2D eigenvalue weighted by molar-refractivity contribution is 0.0696. The molecule has 1 saturated carbocycles. The summed E-state index contributed by atoms with van der Waals surface area (Å²) in [5.41, 5.74) is 1.23. The van der Waals surface area contributed by atoms with Crippen LogP contribution >= 0.6 is 0 Å². The topological polar surface area (TPSA) is 66.8 Å². The number of hydrogen-bond acceptors (Lipinski definition) is 3. The molecule has 162 valence electrons. The molecule has 0 spiro atoms. The summed E-state index contributed by atoms with van der Waals surface area (Å²) < 4.78 is 6.20. The number of ether oxygens (including phenoxy) is 1. The molecule has 5 atom stereocenters. The largest absolute Gasteiger partial charge is 0.478 e. The van der Waals surface area contributed by atoms with E-state index in [0.29, 0.717) is 29.4 Å². The molecule has 2 heterocycles. The Balaban J connectivity index is 1.38. The molecule has 2 saturated heterocycles. The van der Waals surface area contributed by atoms with Crippen LogP contribution in [0.1, 0.15) is 73.7 Å². The van der Waals surface area contributed by atoms with Gasteiger partial charge in [0.2, 0.25) is 0 Å². The van der Waals surface area contributed by atoms with E-state index in [-0.39, 0.29) is 12.2 Å². The average molecular weight is 411 g/mol. The van der Waals surface area contributed by atoms with Crippen LogP contribution in [0.3, 0.4) is 0 Å². The number of aromatic carboxylic acids is 1. The van der Waals surface area contributed by atoms with E-state index in [1.807, 2.05) is 12.1 Å². The Morgan fingerprint density at radius 1 is 1.10 bits per heavy atom. The summed E-state index contributed by atoms with van der Waals surface area (Å²) >= 11 is 0. The van der Waals surface area contributed by atoms with Crippen molar-refractivity contribution in [3.63, 3.8) is 0 Å². The van der Waals surface area contributed by atoms with Crippen LogP contribution in [0.25, 0.3) is 6.08 Å². The molecule has 3 aliphatic rings. The van der Waals surface area contributed by atoms with Crippen molar-refractivity contribution in [3.8, 4) is 0 Å². The number of allylic oxidation sites excluding steroid dienone is 1. The SMILES string of the molecule is O=C(O)c1cccc(C=CC[C@@H]2[C@@H](C=CC(O)C3CCCCCC3)[C@@H]3CC[C@H]2O3)c1. The molecule has 4 nitrogen and oxygen atoms in total. The van der Waals surface area contributed by atoms with E-state index >= 15 is 0 Å². The van der Waals surface area contributed by atoms with Gasteiger partial charge in [0, 0.05) is 5.92 Å². The fraction of sp³-hybridized carbons (Fsp3) is 0.577. The Hall–Kier alpha value is -1.91. The molecule has 3 fully saturated rings. The van der Waals surface area contributed by atoms with Gasteiger partial charge in [0.05, 0.1) is 23.9 Å². The quantitative estimate of drug-likeness (QED) is 0.462. The minimum atomic E-state index is -0.899. The van der Waals surface area contributed by atoms with Gasteiger partial charge in [0.15, 0.2) is 0 Å². The van der Waals surface area contributed by atoms with Gasteiger partial charge in [-0.3, -0.25) is 0 Å². The van der Waals surface area contributed by atoms with E-state index in [0.717, 1.165) is 37.7 Å². The maximum atomic E-state index is 11.2. The molecule has 30 heavy (non-hydrogen) atoms. The summed E-state index contributed by atoms with van der Waals surface area (Å²) in [6, 6.07) is 7.03. The predicted molar refractivity (Wildman–Crippen MR) is 118 cm³/mol. The van der Waals surface area contributed by atoms with Gasteiger partial charge < -0.3 is 14.9 Å². The summed E-state index contributed by atoms with van der Waals surface area (Å²) in [5.74, 6) is 0.298. The number of carboxylic acids is 1. The first-order valence-corrected chi connectivity index (χ1v) is 11.6. The van der Waals surface area contributed by atoms with Crippen molar-refractivity contribution in [2.75, 3.05) is 0 Å². The van der Waals surface area contributed by atoms with Crippen LogP contribution in [0, 0.1) is 17.8 Å². The zero-order valence-electron chi connectivity index (χ0n) is 17.7. The maximum absolute atomic E-state index is 11.2. The Labute approximate surface area is 179 Å². The number of benzene rings is 1. The van der Waals surface area contributed by atoms with Crippen molar-refractivity contribution in [3.05, 3.63) is 53.6 Å². The first kappa shape index (κ1) is 21.3. The van der Waals surface area contributed by atoms with Gasteiger partial charge >= 0.3 is 5.97 Å². The minimum absolute atomic E-state index is 0.279. The summed E-state index contributed by atoms with van der Waals surface area (Å²) in [6.07, 6.45) is 19.2. The number of carbonyl (C=O) groups is 1. The summed E-state index contributed by atoms with van der Waals surface area (Å²) in [4.78, 5) is 11.2. The number of fused-ring (bicyclic) bond motifs is 2. The van der Waals surface area contributed by atoms with Crippen LogP contribution in [-0.4, -0.2) is 34.5 Å². The molecule has 0 radical (unpaired) electrons. The van der Waals surface area contributed by atoms with Crippen LogP contribution in [0.2, 0.25) is 0 Å². The molecule has 2 aliphatic heterocycles. The lowest BCUT2D eigenvalue weighted by atomic mass is 9.77. The Kier molecular flexibility index (Phi) is 7.06. The molecule has 1 unspecified atom stereocenters. The lowest BCUT2D eigenvalue weighted by Gasteiger charge is -2.25. The van der Waals surface area contributed by atoms with E-state index in [2.05, 4.69) is 18.2 Å². The normalized spacial score (nSPS) is 30.8. The molecule has 1 aliphatic carbocycles. The number of hydrogen-bond donors (Lipinski definition) is 2. The smallest absolute Gasteiger partial charge is 0.335 e. The summed E-state index contributed by atoms with van der Waals surface area (Å²) in [5, 5.41) is 19.9. The van der Waals surface area contributed by atoms with E-state index in [9.17, 15) is 9.90 Å². The Bertz CT molecular complexity index is 775. The fourth-order valence-corrected chi connectivity index (χ4v) is 5.57. The van der Waals surface area contributed by atoms with Crippen molar-refractivity contribution in [2.45, 2.75) is 76.1 Å². The highest BCUT2D eigenvalue weighted by atomic mass is 16.5. The number of rotatable bonds is 7. The number of aliphatic hydroxyl groups excluding tert-OH is 1. The van der Waals surface area contributed by atoms with Crippen LogP contribution in [-0.2, 0) is 4.74 Å².